The maximum Gasteiger partial charge on any atom is 0.124 e. The summed E-state index contributed by atoms with van der Waals surface area (Å²) in [4.78, 5) is 0. The minimum atomic E-state index is -0.220. The first kappa shape index (κ1) is 14.7. The Morgan fingerprint density at radius 2 is 1.74 bits per heavy atom. The van der Waals surface area contributed by atoms with Crippen molar-refractivity contribution in [2.45, 2.75) is 19.5 Å². The van der Waals surface area contributed by atoms with Gasteiger partial charge in [0.25, 0.3) is 0 Å². The van der Waals surface area contributed by atoms with Gasteiger partial charge in [0.05, 0.1) is 0 Å². The molecule has 0 aliphatic rings. The van der Waals surface area contributed by atoms with E-state index in [4.69, 9.17) is 0 Å². The van der Waals surface area contributed by atoms with E-state index >= 15 is 0 Å². The smallest absolute Gasteiger partial charge is 0.124 e. The predicted molar refractivity (Wildman–Crippen MR) is 83.5 cm³/mol. The minimum Gasteiger partial charge on any atom is -0.306 e. The molecule has 1 atom stereocenters. The van der Waals surface area contributed by atoms with E-state index in [2.05, 4.69) is 56.2 Å². The van der Waals surface area contributed by atoms with E-state index < -0.39 is 0 Å². The summed E-state index contributed by atoms with van der Waals surface area (Å²) in [6.07, 6.45) is 0. The van der Waals surface area contributed by atoms with Gasteiger partial charge in [-0.3, -0.25) is 0 Å². The van der Waals surface area contributed by atoms with Crippen LogP contribution in [0.25, 0.3) is 0 Å². The largest absolute Gasteiger partial charge is 0.306 e. The lowest BCUT2D eigenvalue weighted by Crippen LogP contribution is -2.18. The molecule has 4 heteroatoms. The van der Waals surface area contributed by atoms with Crippen LogP contribution < -0.4 is 5.32 Å². The standard InChI is InChI=1S/C15H14Br2FN/c1-10(12-2-4-13(16)5-3-12)19-9-11-6-14(17)8-15(18)7-11/h2-8,10,19H,9H2,1H3. The summed E-state index contributed by atoms with van der Waals surface area (Å²) in [5, 5.41) is 3.39. The second-order valence-corrected chi connectivity index (χ2v) is 6.26. The van der Waals surface area contributed by atoms with Gasteiger partial charge in [0, 0.05) is 21.5 Å². The average Bonchev–Trinajstić information content (AvgIpc) is 2.36. The molecule has 0 fully saturated rings. The molecule has 1 nitrogen and oxygen atoms in total. The third-order valence-electron chi connectivity index (χ3n) is 2.90. The van der Waals surface area contributed by atoms with Gasteiger partial charge in [0.1, 0.15) is 5.82 Å². The summed E-state index contributed by atoms with van der Waals surface area (Å²) < 4.78 is 15.1. The van der Waals surface area contributed by atoms with Gasteiger partial charge < -0.3 is 5.32 Å². The third kappa shape index (κ3) is 4.41. The average molecular weight is 387 g/mol. The van der Waals surface area contributed by atoms with E-state index in [0.29, 0.717) is 6.54 Å². The fourth-order valence-corrected chi connectivity index (χ4v) is 2.63. The lowest BCUT2D eigenvalue weighted by atomic mass is 10.1. The number of nitrogens with one attached hydrogen (secondary N) is 1. The van der Waals surface area contributed by atoms with E-state index in [1.807, 2.05) is 18.2 Å². The van der Waals surface area contributed by atoms with Gasteiger partial charge >= 0.3 is 0 Å². The normalized spacial score (nSPS) is 12.4. The highest BCUT2D eigenvalue weighted by atomic mass is 79.9. The zero-order valence-electron chi connectivity index (χ0n) is 10.5. The Kier molecular flexibility index (Phi) is 5.13. The van der Waals surface area contributed by atoms with E-state index in [0.717, 1.165) is 14.5 Å². The van der Waals surface area contributed by atoms with Crippen molar-refractivity contribution < 1.29 is 4.39 Å². The molecule has 0 saturated carbocycles. The van der Waals surface area contributed by atoms with Crippen LogP contribution in [-0.4, -0.2) is 0 Å². The molecule has 0 heterocycles. The fourth-order valence-electron chi connectivity index (χ4n) is 1.85. The molecule has 2 aromatic carbocycles. The summed E-state index contributed by atoms with van der Waals surface area (Å²) in [6.45, 7) is 2.73. The molecule has 19 heavy (non-hydrogen) atoms. The summed E-state index contributed by atoms with van der Waals surface area (Å²) in [7, 11) is 0. The number of hydrogen-bond donors (Lipinski definition) is 1. The van der Waals surface area contributed by atoms with Crippen molar-refractivity contribution >= 4 is 31.9 Å². The molecule has 0 bridgehead atoms. The highest BCUT2D eigenvalue weighted by Gasteiger charge is 2.05. The van der Waals surface area contributed by atoms with Crippen LogP contribution in [0.5, 0.6) is 0 Å². The molecule has 1 N–H and O–H groups in total. The zero-order chi connectivity index (χ0) is 13.8. The van der Waals surface area contributed by atoms with E-state index in [1.165, 1.54) is 11.6 Å². The Morgan fingerprint density at radius 1 is 1.05 bits per heavy atom. The summed E-state index contributed by atoms with van der Waals surface area (Å²) in [6, 6.07) is 13.3. The van der Waals surface area contributed by atoms with Crippen LogP contribution >= 0.6 is 31.9 Å². The molecule has 0 saturated heterocycles. The van der Waals surface area contributed by atoms with Gasteiger partial charge in [-0.2, -0.15) is 0 Å². The molecule has 2 aromatic rings. The molecule has 0 radical (unpaired) electrons. The maximum absolute atomic E-state index is 13.3. The monoisotopic (exact) mass is 385 g/mol. The Labute approximate surface area is 129 Å². The van der Waals surface area contributed by atoms with Gasteiger partial charge in [0.2, 0.25) is 0 Å². The Hall–Kier alpha value is -0.710. The van der Waals surface area contributed by atoms with Crippen molar-refractivity contribution in [1.82, 2.24) is 5.32 Å². The van der Waals surface area contributed by atoms with Crippen LogP contribution in [0.4, 0.5) is 4.39 Å². The molecule has 0 aromatic heterocycles. The quantitative estimate of drug-likeness (QED) is 0.761. The maximum atomic E-state index is 13.3. The van der Waals surface area contributed by atoms with Crippen molar-refractivity contribution in [3.63, 3.8) is 0 Å². The van der Waals surface area contributed by atoms with E-state index in [1.54, 1.807) is 6.07 Å². The fraction of sp³-hybridized carbons (Fsp3) is 0.200. The zero-order valence-corrected chi connectivity index (χ0v) is 13.6. The molecule has 2 rings (SSSR count). The van der Waals surface area contributed by atoms with Crippen molar-refractivity contribution in [1.29, 1.82) is 0 Å². The lowest BCUT2D eigenvalue weighted by molar-refractivity contribution is 0.569. The molecule has 100 valence electrons. The third-order valence-corrected chi connectivity index (χ3v) is 3.89. The number of hydrogen-bond acceptors (Lipinski definition) is 1. The van der Waals surface area contributed by atoms with Crippen molar-refractivity contribution in [3.05, 3.63) is 68.4 Å². The summed E-state index contributed by atoms with van der Waals surface area (Å²) in [5.41, 5.74) is 2.13. The highest BCUT2D eigenvalue weighted by Crippen LogP contribution is 2.18. The molecule has 0 aliphatic carbocycles. The van der Waals surface area contributed by atoms with Crippen LogP contribution in [-0.2, 0) is 6.54 Å². The Balaban J connectivity index is 1.99. The van der Waals surface area contributed by atoms with Crippen molar-refractivity contribution in [3.8, 4) is 0 Å². The van der Waals surface area contributed by atoms with E-state index in [-0.39, 0.29) is 11.9 Å². The molecule has 0 spiro atoms. The van der Waals surface area contributed by atoms with Crippen LogP contribution in [0.3, 0.4) is 0 Å². The highest BCUT2D eigenvalue weighted by molar-refractivity contribution is 9.10. The van der Waals surface area contributed by atoms with Crippen LogP contribution in [0, 0.1) is 5.82 Å². The van der Waals surface area contributed by atoms with E-state index in [9.17, 15) is 4.39 Å². The van der Waals surface area contributed by atoms with Gasteiger partial charge in [-0.1, -0.05) is 44.0 Å². The van der Waals surface area contributed by atoms with Crippen LogP contribution in [0.2, 0.25) is 0 Å². The van der Waals surface area contributed by atoms with Gasteiger partial charge in [0.15, 0.2) is 0 Å². The molecule has 0 amide bonds. The van der Waals surface area contributed by atoms with Gasteiger partial charge in [-0.25, -0.2) is 4.39 Å². The number of benzene rings is 2. The Bertz CT molecular complexity index is 534. The number of halogens is 3. The first-order chi connectivity index (χ1) is 9.04. The number of rotatable bonds is 4. The second-order valence-electron chi connectivity index (χ2n) is 4.43. The summed E-state index contributed by atoms with van der Waals surface area (Å²) in [5.74, 6) is -0.220. The lowest BCUT2D eigenvalue weighted by Gasteiger charge is -2.14. The molecule has 0 aliphatic heterocycles. The Morgan fingerprint density at radius 3 is 2.37 bits per heavy atom. The minimum absolute atomic E-state index is 0.218. The first-order valence-corrected chi connectivity index (χ1v) is 7.57. The second kappa shape index (κ2) is 6.64. The van der Waals surface area contributed by atoms with Crippen molar-refractivity contribution in [2.75, 3.05) is 0 Å². The topological polar surface area (TPSA) is 12.0 Å². The molecular weight excluding hydrogens is 373 g/mol. The first-order valence-electron chi connectivity index (χ1n) is 5.98. The molecular formula is C15H14Br2FN. The SMILES string of the molecule is CC(NCc1cc(F)cc(Br)c1)c1ccc(Br)cc1. The molecule has 1 unspecified atom stereocenters. The van der Waals surface area contributed by atoms with Gasteiger partial charge in [-0.15, -0.1) is 0 Å². The summed E-state index contributed by atoms with van der Waals surface area (Å²) >= 11 is 6.72. The van der Waals surface area contributed by atoms with Gasteiger partial charge in [-0.05, 0) is 48.4 Å². The predicted octanol–water partition coefficient (Wildman–Crippen LogP) is 5.20. The van der Waals surface area contributed by atoms with Crippen LogP contribution in [0.1, 0.15) is 24.1 Å². The van der Waals surface area contributed by atoms with Crippen LogP contribution in [0.15, 0.2) is 51.4 Å². The van der Waals surface area contributed by atoms with Crippen molar-refractivity contribution in [2.24, 2.45) is 0 Å².